The van der Waals surface area contributed by atoms with Crippen molar-refractivity contribution in [3.63, 3.8) is 0 Å². The van der Waals surface area contributed by atoms with Crippen molar-refractivity contribution in [2.24, 2.45) is 0 Å². The van der Waals surface area contributed by atoms with E-state index in [9.17, 15) is 9.18 Å². The topological polar surface area (TPSA) is 77.4 Å². The largest absolute Gasteiger partial charge is 0.382 e. The molecule has 1 fully saturated rings. The summed E-state index contributed by atoms with van der Waals surface area (Å²) in [7, 11) is 0. The third kappa shape index (κ3) is 5.78. The van der Waals surface area contributed by atoms with Crippen LogP contribution < -0.4 is 10.6 Å². The first-order chi connectivity index (χ1) is 14.5. The average Bonchev–Trinajstić information content (AvgIpc) is 2.71. The Bertz CT molecular complexity index is 900. The average molecular weight is 410 g/mol. The molecule has 2 aromatic rings. The highest BCUT2D eigenvalue weighted by Gasteiger charge is 2.22. The summed E-state index contributed by atoms with van der Waals surface area (Å²) < 4.78 is 19.4. The molecule has 2 aromatic carbocycles. The van der Waals surface area contributed by atoms with E-state index in [1.54, 1.807) is 6.07 Å². The van der Waals surface area contributed by atoms with Crippen LogP contribution in [0.1, 0.15) is 35.3 Å². The molecule has 3 rings (SSSR count). The number of nitrogens with one attached hydrogen (secondary N) is 2. The van der Waals surface area contributed by atoms with Gasteiger partial charge in [-0.2, -0.15) is 5.26 Å². The van der Waals surface area contributed by atoms with Crippen LogP contribution >= 0.6 is 0 Å². The minimum atomic E-state index is -0.562. The number of rotatable bonds is 7. The molecule has 1 amide bonds. The molecule has 0 spiro atoms. The molecule has 6 nitrogen and oxygen atoms in total. The summed E-state index contributed by atoms with van der Waals surface area (Å²) in [6.45, 7) is 7.54. The van der Waals surface area contributed by atoms with Gasteiger partial charge in [-0.15, -0.1) is 0 Å². The van der Waals surface area contributed by atoms with Crippen LogP contribution in [-0.2, 0) is 11.3 Å². The van der Waals surface area contributed by atoms with Gasteiger partial charge >= 0.3 is 0 Å². The van der Waals surface area contributed by atoms with Gasteiger partial charge in [-0.1, -0.05) is 18.2 Å². The highest BCUT2D eigenvalue weighted by molar-refractivity contribution is 5.94. The zero-order valence-corrected chi connectivity index (χ0v) is 17.3. The molecule has 1 heterocycles. The van der Waals surface area contributed by atoms with Gasteiger partial charge in [0.25, 0.3) is 5.91 Å². The van der Waals surface area contributed by atoms with Crippen LogP contribution in [0.5, 0.6) is 0 Å². The first kappa shape index (κ1) is 21.8. The lowest BCUT2D eigenvalue weighted by Gasteiger charge is -2.35. The Morgan fingerprint density at radius 2 is 1.87 bits per heavy atom. The minimum absolute atomic E-state index is 0.0246. The number of hydrogen-bond acceptors (Lipinski definition) is 5. The third-order valence-corrected chi connectivity index (χ3v) is 4.97. The molecule has 30 heavy (non-hydrogen) atoms. The molecule has 0 radical (unpaired) electrons. The molecule has 0 bridgehead atoms. The van der Waals surface area contributed by atoms with Gasteiger partial charge in [0.2, 0.25) is 0 Å². The fourth-order valence-corrected chi connectivity index (χ4v) is 3.69. The molecule has 0 saturated carbocycles. The summed E-state index contributed by atoms with van der Waals surface area (Å²) in [5.74, 6) is -0.732. The van der Waals surface area contributed by atoms with Gasteiger partial charge in [0.1, 0.15) is 17.4 Å². The van der Waals surface area contributed by atoms with E-state index in [2.05, 4.69) is 29.4 Å². The standard InChI is InChI=1S/C23H27FN4O2/c1-16-13-28(14-17(2)30-16)15-18-6-8-19(9-7-18)23(29)27-11-10-26-22-5-3-4-21(24)20(22)12-25/h3-9,16-17,26H,10-11,13-15H2,1-2H3,(H,27,29). The van der Waals surface area contributed by atoms with Gasteiger partial charge in [-0.05, 0) is 43.7 Å². The zero-order chi connectivity index (χ0) is 21.5. The number of carbonyl (C=O) groups excluding carboxylic acids is 1. The fraction of sp³-hybridized carbons (Fsp3) is 0.391. The Kier molecular flexibility index (Phi) is 7.39. The van der Waals surface area contributed by atoms with Crippen molar-refractivity contribution >= 4 is 11.6 Å². The van der Waals surface area contributed by atoms with Crippen molar-refractivity contribution in [3.8, 4) is 6.07 Å². The Balaban J connectivity index is 1.46. The lowest BCUT2D eigenvalue weighted by atomic mass is 10.1. The number of carbonyl (C=O) groups is 1. The van der Waals surface area contributed by atoms with Crippen LogP contribution in [0, 0.1) is 17.1 Å². The number of hydrogen-bond donors (Lipinski definition) is 2. The molecular formula is C23H27FN4O2. The van der Waals surface area contributed by atoms with Crippen LogP contribution in [-0.4, -0.2) is 49.2 Å². The summed E-state index contributed by atoms with van der Waals surface area (Å²) in [4.78, 5) is 14.7. The molecule has 1 aliphatic rings. The Morgan fingerprint density at radius 3 is 2.53 bits per heavy atom. The highest BCUT2D eigenvalue weighted by atomic mass is 19.1. The maximum Gasteiger partial charge on any atom is 0.251 e. The molecule has 2 unspecified atom stereocenters. The first-order valence-electron chi connectivity index (χ1n) is 10.1. The smallest absolute Gasteiger partial charge is 0.251 e. The van der Waals surface area contributed by atoms with Crippen molar-refractivity contribution in [2.75, 3.05) is 31.5 Å². The van der Waals surface area contributed by atoms with Crippen molar-refractivity contribution < 1.29 is 13.9 Å². The number of ether oxygens (including phenoxy) is 1. The summed E-state index contributed by atoms with van der Waals surface area (Å²) in [6.07, 6.45) is 0.452. The second-order valence-corrected chi connectivity index (χ2v) is 7.61. The second kappa shape index (κ2) is 10.2. The molecule has 1 saturated heterocycles. The predicted molar refractivity (Wildman–Crippen MR) is 114 cm³/mol. The van der Waals surface area contributed by atoms with Gasteiger partial charge in [0.05, 0.1) is 17.9 Å². The summed E-state index contributed by atoms with van der Waals surface area (Å²) >= 11 is 0. The quantitative estimate of drug-likeness (QED) is 0.686. The molecule has 2 atom stereocenters. The van der Waals surface area contributed by atoms with Crippen LogP contribution in [0.25, 0.3) is 0 Å². The van der Waals surface area contributed by atoms with E-state index in [1.165, 1.54) is 12.1 Å². The summed E-state index contributed by atoms with van der Waals surface area (Å²) in [6, 6.07) is 13.9. The van der Waals surface area contributed by atoms with E-state index in [0.717, 1.165) is 25.2 Å². The van der Waals surface area contributed by atoms with Crippen molar-refractivity contribution in [2.45, 2.75) is 32.6 Å². The summed E-state index contributed by atoms with van der Waals surface area (Å²) in [5.41, 5.74) is 2.14. The number of amides is 1. The van der Waals surface area contributed by atoms with E-state index in [-0.39, 0.29) is 23.7 Å². The van der Waals surface area contributed by atoms with Crippen molar-refractivity contribution in [3.05, 3.63) is 65.0 Å². The summed E-state index contributed by atoms with van der Waals surface area (Å²) in [5, 5.41) is 14.8. The number of anilines is 1. The fourth-order valence-electron chi connectivity index (χ4n) is 3.69. The van der Waals surface area contributed by atoms with E-state index in [0.29, 0.717) is 24.3 Å². The Hall–Kier alpha value is -2.95. The maximum absolute atomic E-state index is 13.6. The van der Waals surface area contributed by atoms with Gasteiger partial charge < -0.3 is 15.4 Å². The van der Waals surface area contributed by atoms with E-state index >= 15 is 0 Å². The van der Waals surface area contributed by atoms with Gasteiger partial charge in [-0.25, -0.2) is 4.39 Å². The Morgan fingerprint density at radius 1 is 1.17 bits per heavy atom. The lowest BCUT2D eigenvalue weighted by Crippen LogP contribution is -2.44. The molecule has 158 valence electrons. The van der Waals surface area contributed by atoms with Crippen molar-refractivity contribution in [1.29, 1.82) is 5.26 Å². The molecule has 1 aliphatic heterocycles. The number of morpholine rings is 1. The SMILES string of the molecule is CC1CN(Cc2ccc(C(=O)NCCNc3cccc(F)c3C#N)cc2)CC(C)O1. The normalized spacial score (nSPS) is 19.1. The van der Waals surface area contributed by atoms with Crippen LogP contribution in [0.4, 0.5) is 10.1 Å². The van der Waals surface area contributed by atoms with Crippen LogP contribution in [0.15, 0.2) is 42.5 Å². The minimum Gasteiger partial charge on any atom is -0.382 e. The number of nitrogens with zero attached hydrogens (tertiary/aromatic N) is 2. The van der Waals surface area contributed by atoms with Crippen LogP contribution in [0.3, 0.4) is 0 Å². The Labute approximate surface area is 176 Å². The molecular weight excluding hydrogens is 383 g/mol. The monoisotopic (exact) mass is 410 g/mol. The zero-order valence-electron chi connectivity index (χ0n) is 17.3. The number of nitriles is 1. The maximum atomic E-state index is 13.6. The lowest BCUT2D eigenvalue weighted by molar-refractivity contribution is -0.0704. The number of benzene rings is 2. The van der Waals surface area contributed by atoms with Crippen LogP contribution in [0.2, 0.25) is 0 Å². The van der Waals surface area contributed by atoms with Gasteiger partial charge in [0.15, 0.2) is 0 Å². The van der Waals surface area contributed by atoms with Crippen molar-refractivity contribution in [1.82, 2.24) is 10.2 Å². The van der Waals surface area contributed by atoms with E-state index in [1.807, 2.05) is 30.3 Å². The highest BCUT2D eigenvalue weighted by Crippen LogP contribution is 2.17. The van der Waals surface area contributed by atoms with E-state index in [4.69, 9.17) is 10.00 Å². The predicted octanol–water partition coefficient (Wildman–Crippen LogP) is 3.15. The molecule has 0 aliphatic carbocycles. The molecule has 0 aromatic heterocycles. The third-order valence-electron chi connectivity index (χ3n) is 4.97. The number of halogens is 1. The van der Waals surface area contributed by atoms with Gasteiger partial charge in [-0.3, -0.25) is 9.69 Å². The molecule has 7 heteroatoms. The second-order valence-electron chi connectivity index (χ2n) is 7.61. The van der Waals surface area contributed by atoms with Gasteiger partial charge in [0, 0.05) is 38.3 Å². The van der Waals surface area contributed by atoms with E-state index < -0.39 is 5.82 Å². The first-order valence-corrected chi connectivity index (χ1v) is 10.1. The molecule has 2 N–H and O–H groups in total.